The quantitative estimate of drug-likeness (QED) is 0.392. The number of aromatic nitrogens is 3. The van der Waals surface area contributed by atoms with Crippen LogP contribution in [0.5, 0.6) is 0 Å². The summed E-state index contributed by atoms with van der Waals surface area (Å²) in [5, 5.41) is 2.67. The molecule has 2 N–H and O–H groups in total. The monoisotopic (exact) mass is 475 g/mol. The fraction of sp³-hybridized carbons (Fsp3) is 0.150. The van der Waals surface area contributed by atoms with Gasteiger partial charge in [-0.2, -0.15) is 0 Å². The van der Waals surface area contributed by atoms with Crippen molar-refractivity contribution >= 4 is 45.1 Å². The molecule has 1 atom stereocenters. The molecule has 0 spiro atoms. The van der Waals surface area contributed by atoms with Gasteiger partial charge in [-0.05, 0) is 56.3 Å². The molecule has 0 aliphatic carbocycles. The number of ether oxygens (including phenoxy) is 1. The maximum Gasteiger partial charge on any atom is 0.339 e. The van der Waals surface area contributed by atoms with E-state index in [2.05, 4.69) is 25.0 Å². The number of nitrogens with one attached hydrogen (secondary N) is 2. The average Bonchev–Trinajstić information content (AvgIpc) is 2.73. The topological polar surface area (TPSA) is 140 Å². The molecule has 1 unspecified atom stereocenters. The van der Waals surface area contributed by atoms with Gasteiger partial charge in [0.05, 0.1) is 10.5 Å². The summed E-state index contributed by atoms with van der Waals surface area (Å²) in [6.07, 6.45) is 1.67. The second-order valence-corrected chi connectivity index (χ2v) is 8.63. The van der Waals surface area contributed by atoms with Crippen LogP contribution in [0.3, 0.4) is 0 Å². The van der Waals surface area contributed by atoms with Crippen molar-refractivity contribution in [2.75, 3.05) is 10.0 Å². The summed E-state index contributed by atoms with van der Waals surface area (Å²) in [5.41, 5.74) is 1.08. The Labute approximate surface area is 189 Å². The van der Waals surface area contributed by atoms with Crippen molar-refractivity contribution in [1.82, 2.24) is 15.0 Å². The zero-order valence-electron chi connectivity index (χ0n) is 16.9. The Hall–Kier alpha value is -3.57. The van der Waals surface area contributed by atoms with Gasteiger partial charge in [-0.25, -0.2) is 32.9 Å². The first-order valence-corrected chi connectivity index (χ1v) is 11.1. The lowest BCUT2D eigenvalue weighted by atomic mass is 10.2. The molecule has 2 heterocycles. The fourth-order valence-corrected chi connectivity index (χ4v) is 3.57. The minimum Gasteiger partial charge on any atom is -0.449 e. The molecule has 0 saturated heterocycles. The smallest absolute Gasteiger partial charge is 0.339 e. The van der Waals surface area contributed by atoms with Gasteiger partial charge in [0.25, 0.3) is 15.9 Å². The molecule has 1 aromatic carbocycles. The third kappa shape index (κ3) is 5.99. The van der Waals surface area contributed by atoms with E-state index < -0.39 is 28.0 Å². The van der Waals surface area contributed by atoms with E-state index in [9.17, 15) is 18.0 Å². The van der Waals surface area contributed by atoms with E-state index in [1.54, 1.807) is 13.0 Å². The third-order valence-electron chi connectivity index (χ3n) is 4.07. The number of nitrogens with zero attached hydrogens (tertiary/aromatic N) is 3. The normalized spacial score (nSPS) is 12.0. The molecule has 0 fully saturated rings. The SMILES string of the molecule is Cc1ccnc(NS(=O)(=O)c2ccc(NC(=O)C(C)OC(=O)c3ccnc(Cl)c3)cc2)n1. The van der Waals surface area contributed by atoms with Crippen molar-refractivity contribution in [3.8, 4) is 0 Å². The van der Waals surface area contributed by atoms with Crippen LogP contribution in [0.15, 0.2) is 59.8 Å². The van der Waals surface area contributed by atoms with Gasteiger partial charge in [-0.3, -0.25) is 4.79 Å². The highest BCUT2D eigenvalue weighted by Gasteiger charge is 2.20. The van der Waals surface area contributed by atoms with Gasteiger partial charge >= 0.3 is 5.97 Å². The Morgan fingerprint density at radius 3 is 2.41 bits per heavy atom. The van der Waals surface area contributed by atoms with Crippen LogP contribution < -0.4 is 10.0 Å². The first kappa shape index (κ1) is 23.1. The first-order chi connectivity index (χ1) is 15.1. The zero-order valence-corrected chi connectivity index (χ0v) is 18.5. The molecule has 2 aromatic heterocycles. The number of amides is 1. The van der Waals surface area contributed by atoms with E-state index in [1.165, 1.54) is 55.7 Å². The van der Waals surface area contributed by atoms with E-state index in [0.29, 0.717) is 11.4 Å². The van der Waals surface area contributed by atoms with Crippen molar-refractivity contribution < 1.29 is 22.7 Å². The molecular weight excluding hydrogens is 458 g/mol. The van der Waals surface area contributed by atoms with Crippen LogP contribution >= 0.6 is 11.6 Å². The van der Waals surface area contributed by atoms with Crippen LogP contribution in [0.1, 0.15) is 23.0 Å². The number of aryl methyl sites for hydroxylation is 1. The van der Waals surface area contributed by atoms with E-state index >= 15 is 0 Å². The Bertz CT molecular complexity index is 1250. The molecule has 10 nitrogen and oxygen atoms in total. The number of carbonyl (C=O) groups excluding carboxylic acids is 2. The highest BCUT2D eigenvalue weighted by atomic mass is 35.5. The summed E-state index contributed by atoms with van der Waals surface area (Å²) in [4.78, 5) is 36.0. The van der Waals surface area contributed by atoms with E-state index in [0.717, 1.165) is 0 Å². The van der Waals surface area contributed by atoms with Crippen LogP contribution in [-0.2, 0) is 19.6 Å². The van der Waals surface area contributed by atoms with Crippen LogP contribution in [0.4, 0.5) is 11.6 Å². The van der Waals surface area contributed by atoms with Crippen molar-refractivity contribution in [2.24, 2.45) is 0 Å². The number of sulfonamides is 1. The van der Waals surface area contributed by atoms with Gasteiger partial charge in [0.2, 0.25) is 5.95 Å². The van der Waals surface area contributed by atoms with Gasteiger partial charge in [-0.15, -0.1) is 0 Å². The second kappa shape index (κ2) is 9.71. The van der Waals surface area contributed by atoms with Crippen molar-refractivity contribution in [3.63, 3.8) is 0 Å². The molecule has 1 amide bonds. The predicted molar refractivity (Wildman–Crippen MR) is 117 cm³/mol. The number of carbonyl (C=O) groups is 2. The average molecular weight is 476 g/mol. The molecule has 0 aliphatic heterocycles. The number of rotatable bonds is 7. The molecule has 3 rings (SSSR count). The molecule has 12 heteroatoms. The Morgan fingerprint density at radius 1 is 1.06 bits per heavy atom. The fourth-order valence-electron chi connectivity index (χ4n) is 2.45. The minimum atomic E-state index is -3.91. The third-order valence-corrected chi connectivity index (χ3v) is 5.62. The summed E-state index contributed by atoms with van der Waals surface area (Å²) in [6, 6.07) is 9.80. The number of benzene rings is 1. The van der Waals surface area contributed by atoms with Gasteiger partial charge in [0.15, 0.2) is 6.10 Å². The predicted octanol–water partition coefficient (Wildman–Crippen LogP) is 2.82. The van der Waals surface area contributed by atoms with Gasteiger partial charge in [-0.1, -0.05) is 11.6 Å². The molecule has 3 aromatic rings. The van der Waals surface area contributed by atoms with Gasteiger partial charge < -0.3 is 10.1 Å². The highest BCUT2D eigenvalue weighted by molar-refractivity contribution is 7.92. The van der Waals surface area contributed by atoms with Crippen molar-refractivity contribution in [3.05, 3.63) is 71.3 Å². The van der Waals surface area contributed by atoms with E-state index in [1.807, 2.05) is 0 Å². The number of esters is 1. The lowest BCUT2D eigenvalue weighted by molar-refractivity contribution is -0.123. The van der Waals surface area contributed by atoms with Crippen LogP contribution in [0, 0.1) is 6.92 Å². The lowest BCUT2D eigenvalue weighted by Crippen LogP contribution is -2.30. The highest BCUT2D eigenvalue weighted by Crippen LogP contribution is 2.17. The number of halogens is 1. The molecule has 32 heavy (non-hydrogen) atoms. The number of hydrogen-bond donors (Lipinski definition) is 2. The molecular formula is C20H18ClN5O5S. The molecule has 0 saturated carbocycles. The van der Waals surface area contributed by atoms with E-state index in [-0.39, 0.29) is 21.6 Å². The summed E-state index contributed by atoms with van der Waals surface area (Å²) < 4.78 is 32.4. The molecule has 0 radical (unpaired) electrons. The minimum absolute atomic E-state index is 0.0466. The number of anilines is 2. The van der Waals surface area contributed by atoms with Crippen molar-refractivity contribution in [1.29, 1.82) is 0 Å². The summed E-state index contributed by atoms with van der Waals surface area (Å²) in [6.45, 7) is 3.11. The molecule has 166 valence electrons. The largest absolute Gasteiger partial charge is 0.449 e. The van der Waals surface area contributed by atoms with Crippen molar-refractivity contribution in [2.45, 2.75) is 24.8 Å². The lowest BCUT2D eigenvalue weighted by Gasteiger charge is -2.14. The van der Waals surface area contributed by atoms with E-state index in [4.69, 9.17) is 16.3 Å². The van der Waals surface area contributed by atoms with Gasteiger partial charge in [0.1, 0.15) is 5.15 Å². The maximum absolute atomic E-state index is 12.5. The Morgan fingerprint density at radius 2 is 1.75 bits per heavy atom. The summed E-state index contributed by atoms with van der Waals surface area (Å²) in [5.74, 6) is -1.38. The number of hydrogen-bond acceptors (Lipinski definition) is 8. The number of pyridine rings is 1. The van der Waals surface area contributed by atoms with Gasteiger partial charge in [0, 0.05) is 23.8 Å². The standard InChI is InChI=1S/C20H18ClN5O5S/c1-12-7-9-23-20(24-12)26-32(29,30)16-5-3-15(4-6-16)25-18(27)13(2)31-19(28)14-8-10-22-17(21)11-14/h3-11,13H,1-2H3,(H,25,27)(H,23,24,26). The second-order valence-electron chi connectivity index (χ2n) is 6.56. The Kier molecular flexibility index (Phi) is 7.01. The van der Waals surface area contributed by atoms with Crippen LogP contribution in [0.25, 0.3) is 0 Å². The maximum atomic E-state index is 12.5. The molecule has 0 bridgehead atoms. The zero-order chi connectivity index (χ0) is 23.3. The van der Waals surface area contributed by atoms with Crippen LogP contribution in [0.2, 0.25) is 5.15 Å². The van der Waals surface area contributed by atoms with Crippen LogP contribution in [-0.4, -0.2) is 41.4 Å². The molecule has 0 aliphatic rings. The Balaban J connectivity index is 1.62. The summed E-state index contributed by atoms with van der Waals surface area (Å²) >= 11 is 5.74. The summed E-state index contributed by atoms with van der Waals surface area (Å²) in [7, 11) is -3.91. The first-order valence-electron chi connectivity index (χ1n) is 9.20.